The lowest BCUT2D eigenvalue weighted by molar-refractivity contribution is 0.103. The van der Waals surface area contributed by atoms with E-state index in [9.17, 15) is 4.79 Å². The molecule has 0 bridgehead atoms. The molecule has 2 heteroatoms. The number of ketones is 1. The quantitative estimate of drug-likeness (QED) is 0.650. The Morgan fingerprint density at radius 2 is 1.58 bits per heavy atom. The molecule has 0 atom stereocenters. The Kier molecular flexibility index (Phi) is 4.51. The van der Waals surface area contributed by atoms with Crippen LogP contribution >= 0.6 is 0 Å². The number of rotatable bonds is 5. The van der Waals surface area contributed by atoms with Crippen LogP contribution in [0.25, 0.3) is 0 Å². The fraction of sp³-hybridized carbons (Fsp3) is 0.118. The molecule has 0 amide bonds. The Morgan fingerprint density at radius 3 is 2.21 bits per heavy atom. The van der Waals surface area contributed by atoms with Gasteiger partial charge in [0.25, 0.3) is 0 Å². The summed E-state index contributed by atoms with van der Waals surface area (Å²) in [7, 11) is 0. The summed E-state index contributed by atoms with van der Waals surface area (Å²) in [5, 5.41) is 3.17. The highest BCUT2D eigenvalue weighted by atomic mass is 16.1. The second-order valence-corrected chi connectivity index (χ2v) is 4.39. The lowest BCUT2D eigenvalue weighted by atomic mass is 10.1. The van der Waals surface area contributed by atoms with Gasteiger partial charge in [-0.2, -0.15) is 0 Å². The third kappa shape index (κ3) is 3.81. The lowest BCUT2D eigenvalue weighted by Crippen LogP contribution is -2.09. The van der Waals surface area contributed by atoms with Gasteiger partial charge < -0.3 is 5.32 Å². The molecule has 0 spiro atoms. The van der Waals surface area contributed by atoms with Gasteiger partial charge in [0.2, 0.25) is 0 Å². The van der Waals surface area contributed by atoms with Crippen LogP contribution in [0.2, 0.25) is 0 Å². The van der Waals surface area contributed by atoms with E-state index in [4.69, 9.17) is 0 Å². The zero-order chi connectivity index (χ0) is 13.5. The van der Waals surface area contributed by atoms with Crippen molar-refractivity contribution in [1.29, 1.82) is 0 Å². The Bertz CT molecular complexity index is 558. The van der Waals surface area contributed by atoms with Gasteiger partial charge in [-0.25, -0.2) is 0 Å². The van der Waals surface area contributed by atoms with Crippen molar-refractivity contribution in [2.45, 2.75) is 13.5 Å². The molecule has 2 aromatic carbocycles. The van der Waals surface area contributed by atoms with Gasteiger partial charge in [0, 0.05) is 23.9 Å². The van der Waals surface area contributed by atoms with Crippen LogP contribution in [0.3, 0.4) is 0 Å². The number of allylic oxidation sites excluding steroid dienone is 1. The summed E-state index contributed by atoms with van der Waals surface area (Å²) in [4.78, 5) is 12.1. The molecule has 19 heavy (non-hydrogen) atoms. The van der Waals surface area contributed by atoms with Crippen LogP contribution < -0.4 is 5.32 Å². The van der Waals surface area contributed by atoms with Gasteiger partial charge in [0.15, 0.2) is 5.78 Å². The maximum Gasteiger partial charge on any atom is 0.190 e. The van der Waals surface area contributed by atoms with Crippen LogP contribution in [-0.4, -0.2) is 5.78 Å². The standard InChI is InChI=1S/C17H17NO/c1-14(17(19)16-10-6-3-7-11-16)12-18-13-15-8-4-2-5-9-15/h2-12,18H,13H2,1H3/b14-12+. The van der Waals surface area contributed by atoms with Crippen molar-refractivity contribution in [3.63, 3.8) is 0 Å². The Balaban J connectivity index is 1.94. The highest BCUT2D eigenvalue weighted by Gasteiger charge is 2.06. The van der Waals surface area contributed by atoms with Gasteiger partial charge in [-0.05, 0) is 12.5 Å². The van der Waals surface area contributed by atoms with E-state index in [1.165, 1.54) is 5.56 Å². The van der Waals surface area contributed by atoms with Crippen molar-refractivity contribution in [3.05, 3.63) is 83.6 Å². The van der Waals surface area contributed by atoms with Crippen molar-refractivity contribution in [1.82, 2.24) is 5.32 Å². The second-order valence-electron chi connectivity index (χ2n) is 4.39. The number of hydrogen-bond acceptors (Lipinski definition) is 2. The molecule has 0 saturated heterocycles. The maximum atomic E-state index is 12.1. The highest BCUT2D eigenvalue weighted by Crippen LogP contribution is 2.07. The van der Waals surface area contributed by atoms with Crippen LogP contribution in [0.5, 0.6) is 0 Å². The number of carbonyl (C=O) groups excluding carboxylic acids is 1. The van der Waals surface area contributed by atoms with E-state index in [0.717, 1.165) is 12.1 Å². The summed E-state index contributed by atoms with van der Waals surface area (Å²) in [5.41, 5.74) is 2.62. The van der Waals surface area contributed by atoms with Crippen molar-refractivity contribution < 1.29 is 4.79 Å². The van der Waals surface area contributed by atoms with Gasteiger partial charge >= 0.3 is 0 Å². The van der Waals surface area contributed by atoms with Crippen LogP contribution in [-0.2, 0) is 6.54 Å². The Labute approximate surface area is 113 Å². The summed E-state index contributed by atoms with van der Waals surface area (Å²) in [6.07, 6.45) is 1.78. The van der Waals surface area contributed by atoms with E-state index in [0.29, 0.717) is 5.57 Å². The minimum Gasteiger partial charge on any atom is -0.386 e. The number of benzene rings is 2. The maximum absolute atomic E-state index is 12.1. The highest BCUT2D eigenvalue weighted by molar-refractivity contribution is 6.08. The normalized spacial score (nSPS) is 11.1. The average molecular weight is 251 g/mol. The summed E-state index contributed by atoms with van der Waals surface area (Å²) in [6.45, 7) is 2.55. The molecule has 2 rings (SSSR count). The molecule has 2 nitrogen and oxygen atoms in total. The van der Waals surface area contributed by atoms with E-state index in [2.05, 4.69) is 17.4 Å². The second kappa shape index (κ2) is 6.55. The molecule has 0 saturated carbocycles. The first-order valence-corrected chi connectivity index (χ1v) is 6.31. The molecule has 0 unspecified atom stereocenters. The monoisotopic (exact) mass is 251 g/mol. The fourth-order valence-electron chi connectivity index (χ4n) is 1.80. The molecule has 0 radical (unpaired) electrons. The van der Waals surface area contributed by atoms with E-state index in [1.54, 1.807) is 6.20 Å². The summed E-state index contributed by atoms with van der Waals surface area (Å²) >= 11 is 0. The lowest BCUT2D eigenvalue weighted by Gasteiger charge is -2.04. The van der Waals surface area contributed by atoms with Gasteiger partial charge in [-0.1, -0.05) is 60.7 Å². The average Bonchev–Trinajstić information content (AvgIpc) is 2.48. The first-order chi connectivity index (χ1) is 9.27. The number of Topliss-reactive ketones (excluding diaryl/α,β-unsaturated/α-hetero) is 1. The van der Waals surface area contributed by atoms with Crippen LogP contribution in [0.15, 0.2) is 72.4 Å². The molecule has 0 heterocycles. The minimum atomic E-state index is 0.0566. The minimum absolute atomic E-state index is 0.0566. The Morgan fingerprint density at radius 1 is 1.00 bits per heavy atom. The zero-order valence-electron chi connectivity index (χ0n) is 11.0. The number of carbonyl (C=O) groups is 1. The van der Waals surface area contributed by atoms with E-state index < -0.39 is 0 Å². The number of nitrogens with one attached hydrogen (secondary N) is 1. The van der Waals surface area contributed by atoms with Crippen LogP contribution in [0.1, 0.15) is 22.8 Å². The van der Waals surface area contributed by atoms with Gasteiger partial charge in [0.1, 0.15) is 0 Å². The molecule has 0 aliphatic carbocycles. The zero-order valence-corrected chi connectivity index (χ0v) is 11.0. The first-order valence-electron chi connectivity index (χ1n) is 6.31. The fourth-order valence-corrected chi connectivity index (χ4v) is 1.80. The molecule has 2 aromatic rings. The van der Waals surface area contributed by atoms with Gasteiger partial charge in [0.05, 0.1) is 0 Å². The first kappa shape index (κ1) is 13.1. The van der Waals surface area contributed by atoms with Crippen LogP contribution in [0, 0.1) is 0 Å². The Hall–Kier alpha value is -2.35. The summed E-state index contributed by atoms with van der Waals surface area (Å²) in [6, 6.07) is 19.4. The molecule has 0 aliphatic heterocycles. The molecule has 0 aliphatic rings. The summed E-state index contributed by atoms with van der Waals surface area (Å²) in [5.74, 6) is 0.0566. The largest absolute Gasteiger partial charge is 0.386 e. The van der Waals surface area contributed by atoms with E-state index >= 15 is 0 Å². The third-order valence-corrected chi connectivity index (χ3v) is 2.86. The van der Waals surface area contributed by atoms with E-state index in [-0.39, 0.29) is 5.78 Å². The van der Waals surface area contributed by atoms with E-state index in [1.807, 2.05) is 55.5 Å². The van der Waals surface area contributed by atoms with Crippen molar-refractivity contribution >= 4 is 5.78 Å². The summed E-state index contributed by atoms with van der Waals surface area (Å²) < 4.78 is 0. The van der Waals surface area contributed by atoms with Crippen LogP contribution in [0.4, 0.5) is 0 Å². The topological polar surface area (TPSA) is 29.1 Å². The van der Waals surface area contributed by atoms with Crippen molar-refractivity contribution in [3.8, 4) is 0 Å². The predicted octanol–water partition coefficient (Wildman–Crippen LogP) is 3.56. The molecular weight excluding hydrogens is 234 g/mol. The van der Waals surface area contributed by atoms with Gasteiger partial charge in [-0.15, -0.1) is 0 Å². The molecule has 96 valence electrons. The smallest absolute Gasteiger partial charge is 0.190 e. The predicted molar refractivity (Wildman–Crippen MR) is 77.8 cm³/mol. The molecule has 0 aromatic heterocycles. The van der Waals surface area contributed by atoms with Gasteiger partial charge in [-0.3, -0.25) is 4.79 Å². The molecular formula is C17H17NO. The molecule has 0 fully saturated rings. The van der Waals surface area contributed by atoms with Crippen molar-refractivity contribution in [2.24, 2.45) is 0 Å². The third-order valence-electron chi connectivity index (χ3n) is 2.86. The molecule has 1 N–H and O–H groups in total. The SMILES string of the molecule is C/C(=C\NCc1ccccc1)C(=O)c1ccccc1. The number of hydrogen-bond donors (Lipinski definition) is 1. The van der Waals surface area contributed by atoms with Crippen molar-refractivity contribution in [2.75, 3.05) is 0 Å².